The van der Waals surface area contributed by atoms with Crippen LogP contribution in [-0.4, -0.2) is 13.6 Å². The van der Waals surface area contributed by atoms with Gasteiger partial charge in [-0.25, -0.2) is 0 Å². The van der Waals surface area contributed by atoms with Crippen molar-refractivity contribution in [3.8, 4) is 0 Å². The van der Waals surface area contributed by atoms with E-state index in [0.717, 1.165) is 13.0 Å². The van der Waals surface area contributed by atoms with Crippen LogP contribution in [-0.2, 0) is 0 Å². The summed E-state index contributed by atoms with van der Waals surface area (Å²) in [4.78, 5) is 0. The van der Waals surface area contributed by atoms with Gasteiger partial charge in [-0.3, -0.25) is 0 Å². The van der Waals surface area contributed by atoms with Crippen molar-refractivity contribution in [2.75, 3.05) is 13.6 Å². The van der Waals surface area contributed by atoms with Gasteiger partial charge in [-0.05, 0) is 26.4 Å². The summed E-state index contributed by atoms with van der Waals surface area (Å²) in [6, 6.07) is 0. The van der Waals surface area contributed by atoms with Crippen LogP contribution in [0, 0.1) is 0 Å². The van der Waals surface area contributed by atoms with E-state index in [1.807, 2.05) is 13.1 Å². The first-order chi connectivity index (χ1) is 6.33. The van der Waals surface area contributed by atoms with E-state index in [-0.39, 0.29) is 0 Å². The molecule has 0 aromatic rings. The average Bonchev–Trinajstić information content (AvgIpc) is 2.17. The lowest BCUT2D eigenvalue weighted by Crippen LogP contribution is -2.06. The second kappa shape index (κ2) is 17.7. The molecule has 0 aromatic carbocycles. The molecule has 13 heavy (non-hydrogen) atoms. The predicted octanol–water partition coefficient (Wildman–Crippen LogP) is 3.76. The van der Waals surface area contributed by atoms with Gasteiger partial charge in [0.25, 0.3) is 0 Å². The molecule has 0 aliphatic rings. The van der Waals surface area contributed by atoms with Crippen LogP contribution in [0.4, 0.5) is 0 Å². The molecule has 0 spiro atoms. The van der Waals surface area contributed by atoms with Gasteiger partial charge in [0.2, 0.25) is 0 Å². The first-order valence-corrected chi connectivity index (χ1v) is 5.58. The van der Waals surface area contributed by atoms with Gasteiger partial charge in [-0.15, -0.1) is 6.58 Å². The lowest BCUT2D eigenvalue weighted by atomic mass is 10.2. The number of hydrogen-bond acceptors (Lipinski definition) is 1. The zero-order valence-corrected chi connectivity index (χ0v) is 9.73. The van der Waals surface area contributed by atoms with Gasteiger partial charge in [-0.1, -0.05) is 45.6 Å². The van der Waals surface area contributed by atoms with E-state index < -0.39 is 0 Å². The zero-order valence-electron chi connectivity index (χ0n) is 9.73. The largest absolute Gasteiger partial charge is 0.320 e. The van der Waals surface area contributed by atoms with E-state index in [1.54, 1.807) is 0 Å². The van der Waals surface area contributed by atoms with E-state index in [9.17, 15) is 0 Å². The third kappa shape index (κ3) is 24.5. The Kier molecular flexibility index (Phi) is 20.7. The minimum Gasteiger partial charge on any atom is -0.320 e. The van der Waals surface area contributed by atoms with Crippen molar-refractivity contribution < 1.29 is 0 Å². The Morgan fingerprint density at radius 3 is 1.92 bits per heavy atom. The van der Waals surface area contributed by atoms with Crippen molar-refractivity contribution in [1.82, 2.24) is 5.32 Å². The number of rotatable bonds is 7. The van der Waals surface area contributed by atoms with Crippen molar-refractivity contribution >= 4 is 0 Å². The summed E-state index contributed by atoms with van der Waals surface area (Å²) in [7, 11) is 1.96. The van der Waals surface area contributed by atoms with E-state index in [4.69, 9.17) is 0 Å². The van der Waals surface area contributed by atoms with E-state index in [2.05, 4.69) is 25.7 Å². The summed E-state index contributed by atoms with van der Waals surface area (Å²) in [6.45, 7) is 9.17. The molecule has 0 aliphatic carbocycles. The Bertz CT molecular complexity index is 75.2. The second-order valence-corrected chi connectivity index (χ2v) is 3.24. The molecule has 0 saturated heterocycles. The van der Waals surface area contributed by atoms with Crippen LogP contribution in [0.25, 0.3) is 0 Å². The predicted molar refractivity (Wildman–Crippen MR) is 63.2 cm³/mol. The minimum atomic E-state index is 1.10. The maximum atomic E-state index is 3.60. The van der Waals surface area contributed by atoms with Gasteiger partial charge >= 0.3 is 0 Å². The summed E-state index contributed by atoms with van der Waals surface area (Å²) in [5, 5.41) is 3.05. The maximum Gasteiger partial charge on any atom is -0.00490 e. The fraction of sp³-hybridized carbons (Fsp3) is 0.833. The Balaban J connectivity index is 0. The molecule has 80 valence electrons. The van der Waals surface area contributed by atoms with Crippen LogP contribution in [0.3, 0.4) is 0 Å². The van der Waals surface area contributed by atoms with Gasteiger partial charge in [0, 0.05) is 0 Å². The molecule has 0 saturated carbocycles. The fourth-order valence-electron chi connectivity index (χ4n) is 0.923. The zero-order chi connectivity index (χ0) is 10.4. The molecule has 0 amide bonds. The second-order valence-electron chi connectivity index (χ2n) is 3.24. The standard InChI is InChI=1S/C6H13N.C6H14/c1-3-4-5-6-7-2;1-3-5-6-4-2/h3,7H,1,4-6H2,2H3;3-6H2,1-2H3. The molecule has 0 atom stereocenters. The number of unbranched alkanes of at least 4 members (excludes halogenated alkanes) is 4. The quantitative estimate of drug-likeness (QED) is 0.470. The summed E-state index contributed by atoms with van der Waals surface area (Å²) >= 11 is 0. The Morgan fingerprint density at radius 1 is 1.08 bits per heavy atom. The number of allylic oxidation sites excluding steroid dienone is 1. The molecule has 0 fully saturated rings. The highest BCUT2D eigenvalue weighted by Gasteiger charge is 1.76. The molecule has 1 nitrogen and oxygen atoms in total. The van der Waals surface area contributed by atoms with Gasteiger partial charge in [0.1, 0.15) is 0 Å². The Morgan fingerprint density at radius 2 is 1.62 bits per heavy atom. The van der Waals surface area contributed by atoms with Crippen molar-refractivity contribution in [3.63, 3.8) is 0 Å². The van der Waals surface area contributed by atoms with Crippen LogP contribution >= 0.6 is 0 Å². The maximum absolute atomic E-state index is 3.60. The molecule has 0 unspecified atom stereocenters. The monoisotopic (exact) mass is 185 g/mol. The molecule has 1 N–H and O–H groups in total. The lowest BCUT2D eigenvalue weighted by molar-refractivity contribution is 0.702. The van der Waals surface area contributed by atoms with Gasteiger partial charge < -0.3 is 5.32 Å². The highest BCUT2D eigenvalue weighted by atomic mass is 14.8. The third-order valence-electron chi connectivity index (χ3n) is 1.79. The van der Waals surface area contributed by atoms with Gasteiger partial charge in [0.05, 0.1) is 0 Å². The van der Waals surface area contributed by atoms with E-state index >= 15 is 0 Å². The highest BCUT2D eigenvalue weighted by molar-refractivity contribution is 4.65. The van der Waals surface area contributed by atoms with Gasteiger partial charge in [-0.2, -0.15) is 0 Å². The molecular formula is C12H27N. The Labute approximate surface area is 84.6 Å². The smallest absolute Gasteiger partial charge is 0.00490 e. The van der Waals surface area contributed by atoms with Gasteiger partial charge in [0.15, 0.2) is 0 Å². The van der Waals surface area contributed by atoms with Crippen molar-refractivity contribution in [3.05, 3.63) is 12.7 Å². The first kappa shape index (κ1) is 15.2. The highest BCUT2D eigenvalue weighted by Crippen LogP contribution is 1.95. The van der Waals surface area contributed by atoms with Crippen molar-refractivity contribution in [2.24, 2.45) is 0 Å². The third-order valence-corrected chi connectivity index (χ3v) is 1.79. The molecule has 0 aromatic heterocycles. The summed E-state index contributed by atoms with van der Waals surface area (Å²) in [6.07, 6.45) is 9.81. The van der Waals surface area contributed by atoms with Crippen molar-refractivity contribution in [2.45, 2.75) is 52.4 Å². The first-order valence-electron chi connectivity index (χ1n) is 5.58. The lowest BCUT2D eigenvalue weighted by Gasteiger charge is -1.90. The molecule has 0 radical (unpaired) electrons. The van der Waals surface area contributed by atoms with Crippen LogP contribution in [0.15, 0.2) is 12.7 Å². The average molecular weight is 185 g/mol. The normalized spacial score (nSPS) is 8.85. The molecule has 0 rings (SSSR count). The molecule has 1 heteroatoms. The van der Waals surface area contributed by atoms with Crippen LogP contribution in [0.2, 0.25) is 0 Å². The van der Waals surface area contributed by atoms with Crippen LogP contribution < -0.4 is 5.32 Å². The molecular weight excluding hydrogens is 158 g/mol. The van der Waals surface area contributed by atoms with Crippen LogP contribution in [0.1, 0.15) is 52.4 Å². The minimum absolute atomic E-state index is 1.10. The molecule has 0 aliphatic heterocycles. The van der Waals surface area contributed by atoms with Crippen molar-refractivity contribution in [1.29, 1.82) is 0 Å². The fourth-order valence-corrected chi connectivity index (χ4v) is 0.923. The Hall–Kier alpha value is -0.300. The molecule has 0 heterocycles. The number of nitrogens with one attached hydrogen (secondary N) is 1. The summed E-state index contributed by atoms with van der Waals surface area (Å²) in [5.74, 6) is 0. The topological polar surface area (TPSA) is 12.0 Å². The SMILES string of the molecule is C=CCCCNC.CCCCCC. The summed E-state index contributed by atoms with van der Waals surface area (Å²) in [5.41, 5.74) is 0. The summed E-state index contributed by atoms with van der Waals surface area (Å²) < 4.78 is 0. The molecule has 0 bridgehead atoms. The number of hydrogen-bond donors (Lipinski definition) is 1. The van der Waals surface area contributed by atoms with E-state index in [1.165, 1.54) is 32.1 Å². The van der Waals surface area contributed by atoms with E-state index in [0.29, 0.717) is 0 Å². The van der Waals surface area contributed by atoms with Crippen LogP contribution in [0.5, 0.6) is 0 Å².